The maximum atomic E-state index is 4.13. The summed E-state index contributed by atoms with van der Waals surface area (Å²) in [6.07, 6.45) is 8.52. The summed E-state index contributed by atoms with van der Waals surface area (Å²) in [5.41, 5.74) is 1.52. The van der Waals surface area contributed by atoms with Crippen molar-refractivity contribution in [2.45, 2.75) is 45.4 Å². The van der Waals surface area contributed by atoms with Gasteiger partial charge in [-0.1, -0.05) is 31.9 Å². The van der Waals surface area contributed by atoms with Crippen molar-refractivity contribution in [3.8, 4) is 0 Å². The lowest BCUT2D eigenvalue weighted by atomic mass is 9.65. The Bertz CT molecular complexity index is 180. The molecule has 0 aromatic carbocycles. The average Bonchev–Trinajstić information content (AvgIpc) is 2.04. The number of hydrogen-bond donors (Lipinski definition) is 0. The van der Waals surface area contributed by atoms with Gasteiger partial charge in [-0.3, -0.25) is 0 Å². The molecular formula is C12H20. The molecule has 2 saturated carbocycles. The van der Waals surface area contributed by atoms with Crippen molar-refractivity contribution in [1.29, 1.82) is 0 Å². The summed E-state index contributed by atoms with van der Waals surface area (Å²) in [4.78, 5) is 0. The van der Waals surface area contributed by atoms with Gasteiger partial charge in [0.25, 0.3) is 0 Å². The fraction of sp³-hybridized carbons (Fsp3) is 0.833. The molecule has 68 valence electrons. The minimum absolute atomic E-state index is 0.997. The third-order valence-corrected chi connectivity index (χ3v) is 3.95. The van der Waals surface area contributed by atoms with Gasteiger partial charge in [0, 0.05) is 0 Å². The van der Waals surface area contributed by atoms with Gasteiger partial charge >= 0.3 is 0 Å². The van der Waals surface area contributed by atoms with E-state index in [2.05, 4.69) is 13.5 Å². The predicted octanol–water partition coefficient (Wildman–Crippen LogP) is 3.78. The molecule has 0 amide bonds. The van der Waals surface area contributed by atoms with E-state index in [9.17, 15) is 0 Å². The van der Waals surface area contributed by atoms with Gasteiger partial charge in [0.2, 0.25) is 0 Å². The molecule has 2 aliphatic rings. The molecule has 3 unspecified atom stereocenters. The Kier molecular flexibility index (Phi) is 2.25. The summed E-state index contributed by atoms with van der Waals surface area (Å²) in [7, 11) is 0. The van der Waals surface area contributed by atoms with Crippen LogP contribution in [0.3, 0.4) is 0 Å². The van der Waals surface area contributed by atoms with E-state index in [0.717, 1.165) is 17.8 Å². The van der Waals surface area contributed by atoms with E-state index >= 15 is 0 Å². The molecule has 0 aromatic heterocycles. The average molecular weight is 164 g/mol. The van der Waals surface area contributed by atoms with Crippen molar-refractivity contribution in [1.82, 2.24) is 0 Å². The van der Waals surface area contributed by atoms with Gasteiger partial charge in [0.15, 0.2) is 0 Å². The number of fused-ring (bicyclic) bond motifs is 1. The summed E-state index contributed by atoms with van der Waals surface area (Å²) in [6.45, 7) is 6.58. The largest absolute Gasteiger partial charge is 0.0999 e. The molecule has 0 radical (unpaired) electrons. The molecule has 0 aliphatic heterocycles. The van der Waals surface area contributed by atoms with Crippen LogP contribution in [0, 0.1) is 17.8 Å². The maximum Gasteiger partial charge on any atom is -0.0292 e. The predicted molar refractivity (Wildman–Crippen MR) is 53.0 cm³/mol. The van der Waals surface area contributed by atoms with Crippen LogP contribution in [-0.4, -0.2) is 0 Å². The van der Waals surface area contributed by atoms with Crippen LogP contribution in [0.2, 0.25) is 0 Å². The molecule has 2 aliphatic carbocycles. The van der Waals surface area contributed by atoms with Crippen LogP contribution < -0.4 is 0 Å². The monoisotopic (exact) mass is 164 g/mol. The topological polar surface area (TPSA) is 0 Å². The second kappa shape index (κ2) is 3.24. The van der Waals surface area contributed by atoms with Gasteiger partial charge in [-0.2, -0.15) is 0 Å². The molecule has 0 aromatic rings. The van der Waals surface area contributed by atoms with Gasteiger partial charge in [-0.15, -0.1) is 0 Å². The molecule has 3 atom stereocenters. The summed E-state index contributed by atoms with van der Waals surface area (Å²) in [5.74, 6) is 3.05. The summed E-state index contributed by atoms with van der Waals surface area (Å²) in [5, 5.41) is 0. The molecule has 0 bridgehead atoms. The molecule has 0 heteroatoms. The lowest BCUT2D eigenvalue weighted by Gasteiger charge is -2.40. The highest BCUT2D eigenvalue weighted by molar-refractivity contribution is 5.03. The Labute approximate surface area is 76.1 Å². The zero-order valence-electron chi connectivity index (χ0n) is 8.18. The van der Waals surface area contributed by atoms with E-state index in [1.54, 1.807) is 0 Å². The molecule has 0 spiro atoms. The molecule has 0 saturated heterocycles. The zero-order chi connectivity index (χ0) is 8.55. The first-order valence-corrected chi connectivity index (χ1v) is 5.44. The van der Waals surface area contributed by atoms with Gasteiger partial charge < -0.3 is 0 Å². The fourth-order valence-corrected chi connectivity index (χ4v) is 3.21. The third-order valence-electron chi connectivity index (χ3n) is 3.95. The summed E-state index contributed by atoms with van der Waals surface area (Å²) in [6, 6.07) is 0. The quantitative estimate of drug-likeness (QED) is 0.478. The van der Waals surface area contributed by atoms with Crippen molar-refractivity contribution in [3.05, 3.63) is 12.2 Å². The molecular weight excluding hydrogens is 144 g/mol. The van der Waals surface area contributed by atoms with Crippen molar-refractivity contribution >= 4 is 0 Å². The van der Waals surface area contributed by atoms with Crippen molar-refractivity contribution in [2.75, 3.05) is 0 Å². The number of rotatable bonds is 0. The van der Waals surface area contributed by atoms with E-state index in [1.165, 1.54) is 44.1 Å². The van der Waals surface area contributed by atoms with Gasteiger partial charge in [0.1, 0.15) is 0 Å². The molecule has 0 nitrogen and oxygen atoms in total. The Morgan fingerprint density at radius 2 is 2.08 bits per heavy atom. The second-order valence-electron chi connectivity index (χ2n) is 4.82. The molecule has 0 N–H and O–H groups in total. The van der Waals surface area contributed by atoms with Gasteiger partial charge in [-0.25, -0.2) is 0 Å². The van der Waals surface area contributed by atoms with Crippen molar-refractivity contribution in [3.63, 3.8) is 0 Å². The lowest BCUT2D eigenvalue weighted by Crippen LogP contribution is -2.29. The Morgan fingerprint density at radius 3 is 2.92 bits per heavy atom. The van der Waals surface area contributed by atoms with Crippen molar-refractivity contribution < 1.29 is 0 Å². The molecule has 12 heavy (non-hydrogen) atoms. The summed E-state index contributed by atoms with van der Waals surface area (Å²) >= 11 is 0. The zero-order valence-corrected chi connectivity index (χ0v) is 8.18. The first kappa shape index (κ1) is 8.34. The normalized spacial score (nSPS) is 42.4. The Balaban J connectivity index is 2.04. The van der Waals surface area contributed by atoms with Gasteiger partial charge in [-0.05, 0) is 43.4 Å². The van der Waals surface area contributed by atoms with Gasteiger partial charge in [0.05, 0.1) is 0 Å². The second-order valence-corrected chi connectivity index (χ2v) is 4.82. The molecule has 2 fully saturated rings. The summed E-state index contributed by atoms with van der Waals surface area (Å²) < 4.78 is 0. The van der Waals surface area contributed by atoms with E-state index in [-0.39, 0.29) is 0 Å². The van der Waals surface area contributed by atoms with Crippen LogP contribution in [0.15, 0.2) is 12.2 Å². The number of hydrogen-bond acceptors (Lipinski definition) is 0. The van der Waals surface area contributed by atoms with Crippen LogP contribution in [0.4, 0.5) is 0 Å². The SMILES string of the molecule is C=C1CCC2C(C)CCCC2C1. The van der Waals surface area contributed by atoms with Crippen LogP contribution in [0.1, 0.15) is 45.4 Å². The smallest absolute Gasteiger partial charge is 0.0292 e. The first-order chi connectivity index (χ1) is 5.77. The van der Waals surface area contributed by atoms with Crippen molar-refractivity contribution in [2.24, 2.45) is 17.8 Å². The number of allylic oxidation sites excluding steroid dienone is 1. The van der Waals surface area contributed by atoms with E-state index in [0.29, 0.717) is 0 Å². The minimum Gasteiger partial charge on any atom is -0.0999 e. The molecule has 0 heterocycles. The van der Waals surface area contributed by atoms with Crippen LogP contribution >= 0.6 is 0 Å². The Hall–Kier alpha value is -0.260. The van der Waals surface area contributed by atoms with Crippen LogP contribution in [0.5, 0.6) is 0 Å². The lowest BCUT2D eigenvalue weighted by molar-refractivity contribution is 0.136. The van der Waals surface area contributed by atoms with E-state index in [4.69, 9.17) is 0 Å². The van der Waals surface area contributed by atoms with E-state index in [1.807, 2.05) is 0 Å². The Morgan fingerprint density at radius 1 is 1.25 bits per heavy atom. The van der Waals surface area contributed by atoms with Crippen LogP contribution in [-0.2, 0) is 0 Å². The highest BCUT2D eigenvalue weighted by Crippen LogP contribution is 2.44. The van der Waals surface area contributed by atoms with E-state index < -0.39 is 0 Å². The highest BCUT2D eigenvalue weighted by Gasteiger charge is 2.33. The highest BCUT2D eigenvalue weighted by atomic mass is 14.4. The third kappa shape index (κ3) is 1.44. The molecule has 2 rings (SSSR count). The standard InChI is InChI=1S/C12H20/c1-9-6-7-12-10(2)4-3-5-11(12)8-9/h10-12H,1,3-8H2,2H3. The maximum absolute atomic E-state index is 4.13. The fourth-order valence-electron chi connectivity index (χ4n) is 3.21. The minimum atomic E-state index is 0.997. The van der Waals surface area contributed by atoms with Crippen LogP contribution in [0.25, 0.3) is 0 Å². The first-order valence-electron chi connectivity index (χ1n) is 5.44.